The van der Waals surface area contributed by atoms with Crippen molar-refractivity contribution in [1.29, 1.82) is 0 Å². The van der Waals surface area contributed by atoms with Gasteiger partial charge in [0.05, 0.1) is 23.2 Å². The summed E-state index contributed by atoms with van der Waals surface area (Å²) in [6.45, 7) is 2.51. The number of fused-ring (bicyclic) bond motifs is 2. The normalized spacial score (nSPS) is 11.1. The molecule has 0 atom stereocenters. The smallest absolute Gasteiger partial charge is 0.349 e. The highest BCUT2D eigenvalue weighted by atomic mass is 16.5. The number of aromatic nitrogens is 1. The molecule has 0 aliphatic heterocycles. The van der Waals surface area contributed by atoms with Crippen LogP contribution in [0, 0.1) is 0 Å². The van der Waals surface area contributed by atoms with Gasteiger partial charge in [-0.05, 0) is 43.3 Å². The summed E-state index contributed by atoms with van der Waals surface area (Å²) in [5.74, 6) is 0.641. The molecule has 4 rings (SSSR count). The highest BCUT2D eigenvalue weighted by Crippen LogP contribution is 2.33. The van der Waals surface area contributed by atoms with E-state index in [9.17, 15) is 9.90 Å². The van der Waals surface area contributed by atoms with Crippen LogP contribution >= 0.6 is 0 Å². The summed E-state index contributed by atoms with van der Waals surface area (Å²) >= 11 is 0. The first-order chi connectivity index (χ1) is 12.2. The largest absolute Gasteiger partial charge is 0.506 e. The van der Waals surface area contributed by atoms with Crippen molar-refractivity contribution in [3.63, 3.8) is 0 Å². The highest BCUT2D eigenvalue weighted by molar-refractivity contribution is 5.91. The molecule has 5 heteroatoms. The maximum atomic E-state index is 12.3. The topological polar surface area (TPSA) is 72.6 Å². The van der Waals surface area contributed by atoms with Gasteiger partial charge in [-0.15, -0.1) is 0 Å². The predicted octanol–water partition coefficient (Wildman–Crippen LogP) is 4.11. The fourth-order valence-corrected chi connectivity index (χ4v) is 2.86. The molecule has 2 heterocycles. The molecule has 5 nitrogen and oxygen atoms in total. The fraction of sp³-hybridized carbons (Fsp3) is 0.100. The molecule has 0 amide bonds. The first kappa shape index (κ1) is 15.2. The van der Waals surface area contributed by atoms with E-state index < -0.39 is 5.63 Å². The molecule has 0 aliphatic rings. The quantitative estimate of drug-likeness (QED) is 0.571. The van der Waals surface area contributed by atoms with Crippen molar-refractivity contribution in [3.05, 3.63) is 65.0 Å². The Hall–Kier alpha value is -3.34. The molecule has 0 aliphatic carbocycles. The number of para-hydroxylation sites is 1. The van der Waals surface area contributed by atoms with Crippen LogP contribution < -0.4 is 10.4 Å². The maximum Gasteiger partial charge on any atom is 0.349 e. The first-order valence-corrected chi connectivity index (χ1v) is 7.96. The van der Waals surface area contributed by atoms with Crippen molar-refractivity contribution in [2.75, 3.05) is 6.61 Å². The highest BCUT2D eigenvalue weighted by Gasteiger charge is 2.17. The maximum absolute atomic E-state index is 12.3. The van der Waals surface area contributed by atoms with E-state index in [4.69, 9.17) is 9.15 Å². The Morgan fingerprint density at radius 2 is 1.96 bits per heavy atom. The molecule has 0 bridgehead atoms. The molecule has 0 unspecified atom stereocenters. The third kappa shape index (κ3) is 2.59. The third-order valence-corrected chi connectivity index (χ3v) is 4.01. The van der Waals surface area contributed by atoms with Gasteiger partial charge in [0.1, 0.15) is 22.6 Å². The minimum Gasteiger partial charge on any atom is -0.506 e. The van der Waals surface area contributed by atoms with Crippen LogP contribution in [0.15, 0.2) is 63.8 Å². The van der Waals surface area contributed by atoms with Crippen LogP contribution in [0.3, 0.4) is 0 Å². The lowest BCUT2D eigenvalue weighted by Gasteiger charge is -2.08. The number of hydrogen-bond donors (Lipinski definition) is 1. The Balaban J connectivity index is 1.91. The van der Waals surface area contributed by atoms with Gasteiger partial charge in [-0.3, -0.25) is 0 Å². The molecule has 2 aromatic carbocycles. The lowest BCUT2D eigenvalue weighted by Crippen LogP contribution is -2.04. The van der Waals surface area contributed by atoms with Crippen LogP contribution in [0.1, 0.15) is 6.92 Å². The molecule has 0 fully saturated rings. The second kappa shape index (κ2) is 5.94. The zero-order valence-electron chi connectivity index (χ0n) is 13.5. The van der Waals surface area contributed by atoms with Crippen LogP contribution in [0.4, 0.5) is 0 Å². The monoisotopic (exact) mass is 333 g/mol. The zero-order valence-corrected chi connectivity index (χ0v) is 13.5. The molecular weight excluding hydrogens is 318 g/mol. The van der Waals surface area contributed by atoms with Gasteiger partial charge in [0.25, 0.3) is 0 Å². The van der Waals surface area contributed by atoms with Crippen LogP contribution in [-0.2, 0) is 0 Å². The lowest BCUT2D eigenvalue weighted by atomic mass is 10.1. The molecule has 2 aromatic heterocycles. The number of hydrogen-bond acceptors (Lipinski definition) is 5. The number of nitrogens with zero attached hydrogens (tertiary/aromatic N) is 1. The second-order valence-electron chi connectivity index (χ2n) is 5.59. The molecular formula is C20H15NO4. The van der Waals surface area contributed by atoms with Gasteiger partial charge in [-0.2, -0.15) is 0 Å². The second-order valence-corrected chi connectivity index (χ2v) is 5.59. The number of rotatable bonds is 3. The van der Waals surface area contributed by atoms with Crippen LogP contribution in [0.2, 0.25) is 0 Å². The van der Waals surface area contributed by atoms with Crippen molar-refractivity contribution in [2.24, 2.45) is 0 Å². The van der Waals surface area contributed by atoms with E-state index in [-0.39, 0.29) is 11.3 Å². The van der Waals surface area contributed by atoms with E-state index in [1.54, 1.807) is 30.3 Å². The minimum absolute atomic E-state index is 0.0643. The zero-order chi connectivity index (χ0) is 17.4. The van der Waals surface area contributed by atoms with Crippen molar-refractivity contribution in [3.8, 4) is 22.8 Å². The van der Waals surface area contributed by atoms with Crippen molar-refractivity contribution >= 4 is 21.9 Å². The van der Waals surface area contributed by atoms with E-state index in [0.717, 1.165) is 11.1 Å². The Morgan fingerprint density at radius 1 is 1.12 bits per heavy atom. The molecule has 0 saturated heterocycles. The molecule has 0 radical (unpaired) electrons. The lowest BCUT2D eigenvalue weighted by molar-refractivity contribution is 0.340. The molecule has 0 spiro atoms. The summed E-state index contributed by atoms with van der Waals surface area (Å²) in [5, 5.41) is 11.9. The third-order valence-electron chi connectivity index (χ3n) is 4.01. The van der Waals surface area contributed by atoms with E-state index in [2.05, 4.69) is 4.98 Å². The van der Waals surface area contributed by atoms with Crippen LogP contribution in [0.25, 0.3) is 33.1 Å². The molecule has 4 aromatic rings. The summed E-state index contributed by atoms with van der Waals surface area (Å²) in [7, 11) is 0. The van der Waals surface area contributed by atoms with Gasteiger partial charge >= 0.3 is 5.63 Å². The van der Waals surface area contributed by atoms with Gasteiger partial charge in [-0.25, -0.2) is 9.78 Å². The minimum atomic E-state index is -0.617. The Kier molecular flexibility index (Phi) is 3.61. The van der Waals surface area contributed by atoms with Gasteiger partial charge in [0.15, 0.2) is 0 Å². The van der Waals surface area contributed by atoms with E-state index >= 15 is 0 Å². The number of pyridine rings is 1. The Labute approximate surface area is 143 Å². The molecule has 124 valence electrons. The van der Waals surface area contributed by atoms with E-state index in [1.807, 2.05) is 31.2 Å². The summed E-state index contributed by atoms with van der Waals surface area (Å²) in [4.78, 5) is 16.8. The van der Waals surface area contributed by atoms with Gasteiger partial charge in [-0.1, -0.05) is 18.2 Å². The molecule has 0 saturated carbocycles. The summed E-state index contributed by atoms with van der Waals surface area (Å²) in [6, 6.07) is 15.9. The SMILES string of the molecule is CCOc1ccc2nc(-c3c(O)c4ccccc4oc3=O)ccc2c1. The van der Waals surface area contributed by atoms with Gasteiger partial charge < -0.3 is 14.3 Å². The average molecular weight is 333 g/mol. The van der Waals surface area contributed by atoms with Gasteiger partial charge in [0, 0.05) is 5.39 Å². The molecule has 1 N–H and O–H groups in total. The predicted molar refractivity (Wildman–Crippen MR) is 96.1 cm³/mol. The first-order valence-electron chi connectivity index (χ1n) is 7.96. The van der Waals surface area contributed by atoms with Crippen molar-refractivity contribution in [1.82, 2.24) is 4.98 Å². The fourth-order valence-electron chi connectivity index (χ4n) is 2.86. The van der Waals surface area contributed by atoms with Crippen molar-refractivity contribution < 1.29 is 14.3 Å². The molecule has 25 heavy (non-hydrogen) atoms. The number of ether oxygens (including phenoxy) is 1. The standard InChI is InChI=1S/C20H15NO4/c1-2-24-13-8-10-15-12(11-13)7-9-16(21-15)18-19(22)14-5-3-4-6-17(14)25-20(18)23/h3-11,22H,2H2,1H3. The number of benzene rings is 2. The van der Waals surface area contributed by atoms with Crippen molar-refractivity contribution in [2.45, 2.75) is 6.92 Å². The Morgan fingerprint density at radius 3 is 2.80 bits per heavy atom. The summed E-state index contributed by atoms with van der Waals surface area (Å²) in [6.07, 6.45) is 0. The van der Waals surface area contributed by atoms with Gasteiger partial charge in [0.2, 0.25) is 0 Å². The van der Waals surface area contributed by atoms with E-state index in [0.29, 0.717) is 28.8 Å². The van der Waals surface area contributed by atoms with E-state index in [1.165, 1.54) is 0 Å². The van der Waals surface area contributed by atoms with Crippen LogP contribution in [0.5, 0.6) is 11.5 Å². The van der Waals surface area contributed by atoms with Crippen LogP contribution in [-0.4, -0.2) is 16.7 Å². The average Bonchev–Trinajstić information content (AvgIpc) is 2.62. The Bertz CT molecular complexity index is 1150. The summed E-state index contributed by atoms with van der Waals surface area (Å²) in [5.41, 5.74) is 0.862. The summed E-state index contributed by atoms with van der Waals surface area (Å²) < 4.78 is 10.8. The number of aromatic hydroxyl groups is 1.